The molecule has 2 fully saturated rings. The molecule has 2 aromatic rings. The number of rotatable bonds is 6. The summed E-state index contributed by atoms with van der Waals surface area (Å²) in [5.41, 5.74) is 5.17. The number of hydrogen-bond acceptors (Lipinski definition) is 6. The van der Waals surface area contributed by atoms with E-state index in [4.69, 9.17) is 11.6 Å². The van der Waals surface area contributed by atoms with Crippen LogP contribution in [-0.4, -0.2) is 52.2 Å². The first-order valence-corrected chi connectivity index (χ1v) is 11.5. The van der Waals surface area contributed by atoms with Gasteiger partial charge in [0.1, 0.15) is 0 Å². The number of carbonyl (C=O) groups excluding carboxylic acids is 1. The minimum atomic E-state index is -1.17. The van der Waals surface area contributed by atoms with E-state index >= 15 is 0 Å². The zero-order valence-electron chi connectivity index (χ0n) is 18.6. The smallest absolute Gasteiger partial charge is 0.310 e. The molecule has 1 aromatic heterocycles. The Labute approximate surface area is 200 Å². The standard InChI is InChI=1S/C23H26ClF2N5O3/c1-13-11-18(30-29-13)28-20-17(25)6-5-14(27-20)12-23(22(33)34)7-9-31(10-8-23)21(32)15-3-2-4-16(24)19(15)26/h2-6,13,18,29-30H,7-12H2,1H3,(H,27,28)(H,33,34). The van der Waals surface area contributed by atoms with Gasteiger partial charge in [0.25, 0.3) is 5.91 Å². The number of carbonyl (C=O) groups is 2. The molecule has 182 valence electrons. The monoisotopic (exact) mass is 493 g/mol. The molecular formula is C23H26ClF2N5O3. The number of nitrogens with zero attached hydrogens (tertiary/aromatic N) is 2. The molecule has 1 aromatic carbocycles. The van der Waals surface area contributed by atoms with Crippen LogP contribution in [0.2, 0.25) is 5.02 Å². The molecule has 2 unspecified atom stereocenters. The van der Waals surface area contributed by atoms with Crippen LogP contribution in [0.5, 0.6) is 0 Å². The minimum Gasteiger partial charge on any atom is -0.481 e. The van der Waals surface area contributed by atoms with Gasteiger partial charge in [-0.2, -0.15) is 0 Å². The van der Waals surface area contributed by atoms with Crippen molar-refractivity contribution in [3.05, 3.63) is 58.2 Å². The van der Waals surface area contributed by atoms with Crippen molar-refractivity contribution in [3.63, 3.8) is 0 Å². The van der Waals surface area contributed by atoms with Crippen molar-refractivity contribution in [3.8, 4) is 0 Å². The van der Waals surface area contributed by atoms with Crippen LogP contribution in [0.3, 0.4) is 0 Å². The van der Waals surface area contributed by atoms with Crippen LogP contribution in [0.4, 0.5) is 14.6 Å². The predicted molar refractivity (Wildman–Crippen MR) is 122 cm³/mol. The highest BCUT2D eigenvalue weighted by molar-refractivity contribution is 6.31. The molecule has 0 saturated carbocycles. The highest BCUT2D eigenvalue weighted by Gasteiger charge is 2.43. The van der Waals surface area contributed by atoms with Crippen molar-refractivity contribution < 1.29 is 23.5 Å². The van der Waals surface area contributed by atoms with Crippen molar-refractivity contribution in [2.75, 3.05) is 18.4 Å². The van der Waals surface area contributed by atoms with Gasteiger partial charge in [-0.3, -0.25) is 15.0 Å². The van der Waals surface area contributed by atoms with Crippen LogP contribution < -0.4 is 16.2 Å². The summed E-state index contributed by atoms with van der Waals surface area (Å²) < 4.78 is 28.6. The molecule has 0 spiro atoms. The van der Waals surface area contributed by atoms with Crippen LogP contribution >= 0.6 is 11.6 Å². The third-order valence-corrected chi connectivity index (χ3v) is 6.76. The van der Waals surface area contributed by atoms with E-state index in [9.17, 15) is 23.5 Å². The van der Waals surface area contributed by atoms with E-state index in [1.54, 1.807) is 0 Å². The van der Waals surface area contributed by atoms with Crippen LogP contribution in [0.25, 0.3) is 0 Å². The Morgan fingerprint density at radius 3 is 2.62 bits per heavy atom. The van der Waals surface area contributed by atoms with E-state index in [-0.39, 0.29) is 61.0 Å². The second kappa shape index (κ2) is 9.81. The summed E-state index contributed by atoms with van der Waals surface area (Å²) in [5, 5.41) is 12.9. The summed E-state index contributed by atoms with van der Waals surface area (Å²) >= 11 is 5.79. The molecular weight excluding hydrogens is 468 g/mol. The highest BCUT2D eigenvalue weighted by atomic mass is 35.5. The number of carboxylic acid groups (broad SMARTS) is 1. The number of aliphatic carboxylic acids is 1. The van der Waals surface area contributed by atoms with Crippen LogP contribution in [0, 0.1) is 17.0 Å². The van der Waals surface area contributed by atoms with Gasteiger partial charge < -0.3 is 15.3 Å². The highest BCUT2D eigenvalue weighted by Crippen LogP contribution is 2.36. The molecule has 0 aliphatic carbocycles. The quantitative estimate of drug-likeness (QED) is 0.489. The average Bonchev–Trinajstić information content (AvgIpc) is 3.22. The van der Waals surface area contributed by atoms with E-state index in [0.29, 0.717) is 5.69 Å². The maximum Gasteiger partial charge on any atom is 0.310 e. The average molecular weight is 494 g/mol. The molecule has 1 amide bonds. The molecule has 8 nitrogen and oxygen atoms in total. The van der Waals surface area contributed by atoms with Crippen molar-refractivity contribution in [2.45, 2.75) is 44.8 Å². The summed E-state index contributed by atoms with van der Waals surface area (Å²) in [6.07, 6.45) is 0.911. The zero-order valence-corrected chi connectivity index (χ0v) is 19.3. The fraction of sp³-hybridized carbons (Fsp3) is 0.435. The lowest BCUT2D eigenvalue weighted by Crippen LogP contribution is -2.47. The Balaban J connectivity index is 1.47. The fourth-order valence-corrected chi connectivity index (χ4v) is 4.62. The van der Waals surface area contributed by atoms with Gasteiger partial charge in [-0.1, -0.05) is 17.7 Å². The first-order valence-electron chi connectivity index (χ1n) is 11.1. The van der Waals surface area contributed by atoms with E-state index < -0.39 is 28.9 Å². The number of anilines is 1. The SMILES string of the molecule is CC1CC(Nc2nc(CC3(C(=O)O)CCN(C(=O)c4cccc(Cl)c4F)CC3)ccc2F)NN1. The zero-order chi connectivity index (χ0) is 24.5. The third kappa shape index (κ3) is 4.98. The van der Waals surface area contributed by atoms with E-state index in [1.165, 1.54) is 35.2 Å². The summed E-state index contributed by atoms with van der Waals surface area (Å²) in [5.74, 6) is -2.81. The molecule has 3 heterocycles. The largest absolute Gasteiger partial charge is 0.481 e. The van der Waals surface area contributed by atoms with Gasteiger partial charge >= 0.3 is 5.97 Å². The van der Waals surface area contributed by atoms with Gasteiger partial charge in [0.2, 0.25) is 0 Å². The number of hydrazine groups is 1. The number of piperidine rings is 1. The molecule has 2 aliphatic rings. The lowest BCUT2D eigenvalue weighted by Gasteiger charge is -2.39. The number of hydrogen-bond donors (Lipinski definition) is 4. The normalized spacial score (nSPS) is 21.9. The molecule has 2 atom stereocenters. The summed E-state index contributed by atoms with van der Waals surface area (Å²) in [6, 6.07) is 7.17. The van der Waals surface area contributed by atoms with Crippen LogP contribution in [0.1, 0.15) is 42.2 Å². The van der Waals surface area contributed by atoms with Gasteiger partial charge in [0, 0.05) is 31.2 Å². The van der Waals surface area contributed by atoms with Gasteiger partial charge in [-0.05, 0) is 50.5 Å². The lowest BCUT2D eigenvalue weighted by atomic mass is 9.74. The number of likely N-dealkylation sites (tertiary alicyclic amines) is 1. The lowest BCUT2D eigenvalue weighted by molar-refractivity contribution is -0.151. The Morgan fingerprint density at radius 2 is 1.97 bits per heavy atom. The molecule has 0 radical (unpaired) electrons. The molecule has 0 bridgehead atoms. The number of aromatic nitrogens is 1. The van der Waals surface area contributed by atoms with E-state index in [0.717, 1.165) is 6.42 Å². The molecule has 4 N–H and O–H groups in total. The van der Waals surface area contributed by atoms with Gasteiger partial charge in [-0.15, -0.1) is 0 Å². The third-order valence-electron chi connectivity index (χ3n) is 6.47. The number of benzene rings is 1. The number of nitrogens with one attached hydrogen (secondary N) is 3. The Kier molecular flexibility index (Phi) is 7.01. The number of amides is 1. The van der Waals surface area contributed by atoms with Gasteiger partial charge in [-0.25, -0.2) is 19.2 Å². The topological polar surface area (TPSA) is 107 Å². The van der Waals surface area contributed by atoms with Crippen molar-refractivity contribution in [2.24, 2.45) is 5.41 Å². The molecule has 2 saturated heterocycles. The van der Waals surface area contributed by atoms with E-state index in [2.05, 4.69) is 21.2 Å². The molecule has 34 heavy (non-hydrogen) atoms. The Morgan fingerprint density at radius 1 is 1.24 bits per heavy atom. The number of halogens is 3. The van der Waals surface area contributed by atoms with Crippen molar-refractivity contribution >= 4 is 29.3 Å². The maximum atomic E-state index is 14.3. The second-order valence-electron chi connectivity index (χ2n) is 8.91. The van der Waals surface area contributed by atoms with Crippen LogP contribution in [-0.2, 0) is 11.2 Å². The molecule has 11 heteroatoms. The molecule has 2 aliphatic heterocycles. The Hall–Kier alpha value is -2.82. The number of pyridine rings is 1. The fourth-order valence-electron chi connectivity index (χ4n) is 4.45. The molecule has 4 rings (SSSR count). The van der Waals surface area contributed by atoms with Crippen molar-refractivity contribution in [1.82, 2.24) is 20.7 Å². The summed E-state index contributed by atoms with van der Waals surface area (Å²) in [6.45, 7) is 2.27. The Bertz CT molecular complexity index is 1090. The van der Waals surface area contributed by atoms with E-state index in [1.807, 2.05) is 6.92 Å². The summed E-state index contributed by atoms with van der Waals surface area (Å²) in [4.78, 5) is 30.8. The number of carboxylic acids is 1. The van der Waals surface area contributed by atoms with Gasteiger partial charge in [0.05, 0.1) is 22.2 Å². The minimum absolute atomic E-state index is 0.0514. The maximum absolute atomic E-state index is 14.3. The first kappa shape index (κ1) is 24.3. The first-order chi connectivity index (χ1) is 16.2. The second-order valence-corrected chi connectivity index (χ2v) is 9.32. The van der Waals surface area contributed by atoms with Gasteiger partial charge in [0.15, 0.2) is 17.5 Å². The predicted octanol–water partition coefficient (Wildman–Crippen LogP) is 3.19. The summed E-state index contributed by atoms with van der Waals surface area (Å²) in [7, 11) is 0. The van der Waals surface area contributed by atoms with Crippen molar-refractivity contribution in [1.29, 1.82) is 0 Å². The van der Waals surface area contributed by atoms with Crippen LogP contribution in [0.15, 0.2) is 30.3 Å².